The van der Waals surface area contributed by atoms with E-state index in [9.17, 15) is 17.6 Å². The average molecular weight is 752 g/mol. The standard InChI is InChI=1S/C34H40ClF2N5O6S2/c1-21-19-38-32(49-21)42(20-22-9-11-24(46-7)16-30(22)47-8)50(44,45)31-17-25(35)28(18-26(31)37)39-27-12-10-23(36)15-29(27)40(5)13-14-41(6)33(43)48-34(2,3)4/h9-12,15-19,39H,13-14,20H2,1-8H3. The molecule has 0 bridgehead atoms. The summed E-state index contributed by atoms with van der Waals surface area (Å²) in [5.41, 5.74) is 0.609. The number of anilines is 4. The molecule has 1 aromatic heterocycles. The van der Waals surface area contributed by atoms with Gasteiger partial charge >= 0.3 is 6.09 Å². The molecular formula is C34H40ClF2N5O6S2. The molecule has 0 saturated heterocycles. The van der Waals surface area contributed by atoms with E-state index in [4.69, 9.17) is 25.8 Å². The van der Waals surface area contributed by atoms with Gasteiger partial charge in [-0.15, -0.1) is 11.3 Å². The highest BCUT2D eigenvalue weighted by Crippen LogP contribution is 2.38. The van der Waals surface area contributed by atoms with Crippen LogP contribution in [0.1, 0.15) is 31.2 Å². The smallest absolute Gasteiger partial charge is 0.410 e. The van der Waals surface area contributed by atoms with E-state index in [1.165, 1.54) is 43.5 Å². The molecule has 1 N–H and O–H groups in total. The largest absolute Gasteiger partial charge is 0.497 e. The number of aryl methyl sites for hydroxylation is 1. The SMILES string of the molecule is COc1ccc(CN(c2ncc(C)s2)S(=O)(=O)c2cc(Cl)c(Nc3ccc(F)cc3N(C)CCN(C)C(=O)OC(C)(C)C)cc2F)c(OC)c1. The molecule has 0 fully saturated rings. The molecular weight excluding hydrogens is 712 g/mol. The molecule has 16 heteroatoms. The number of benzene rings is 3. The quantitative estimate of drug-likeness (QED) is 0.146. The number of rotatable bonds is 13. The van der Waals surface area contributed by atoms with Gasteiger partial charge in [-0.2, -0.15) is 0 Å². The summed E-state index contributed by atoms with van der Waals surface area (Å²) in [6.07, 6.45) is 1.02. The number of nitrogens with one attached hydrogen (secondary N) is 1. The van der Waals surface area contributed by atoms with Crippen LogP contribution in [-0.4, -0.2) is 71.4 Å². The van der Waals surface area contributed by atoms with Crippen molar-refractivity contribution in [2.75, 3.05) is 55.9 Å². The van der Waals surface area contributed by atoms with Crippen LogP contribution in [-0.2, 0) is 21.3 Å². The number of aromatic nitrogens is 1. The van der Waals surface area contributed by atoms with Gasteiger partial charge in [0.1, 0.15) is 33.6 Å². The average Bonchev–Trinajstić information content (AvgIpc) is 3.48. The maximum Gasteiger partial charge on any atom is 0.410 e. The zero-order valence-corrected chi connectivity index (χ0v) is 31.4. The Morgan fingerprint density at radius 2 is 1.72 bits per heavy atom. The fourth-order valence-corrected chi connectivity index (χ4v) is 7.43. The molecule has 270 valence electrons. The molecule has 50 heavy (non-hydrogen) atoms. The minimum atomic E-state index is -4.58. The third kappa shape index (κ3) is 9.25. The fraction of sp³-hybridized carbons (Fsp3) is 0.353. The van der Waals surface area contributed by atoms with Crippen molar-refractivity contribution in [2.45, 2.75) is 44.7 Å². The molecule has 1 amide bonds. The van der Waals surface area contributed by atoms with Gasteiger partial charge in [-0.1, -0.05) is 11.6 Å². The first-order valence-electron chi connectivity index (χ1n) is 15.3. The minimum absolute atomic E-state index is 0.0451. The fourth-order valence-electron chi connectivity index (χ4n) is 4.71. The monoisotopic (exact) mass is 751 g/mol. The molecule has 0 aliphatic heterocycles. The maximum atomic E-state index is 15.9. The number of nitrogens with zero attached hydrogens (tertiary/aromatic N) is 4. The summed E-state index contributed by atoms with van der Waals surface area (Å²) in [6, 6.07) is 10.9. The third-order valence-electron chi connectivity index (χ3n) is 7.34. The van der Waals surface area contributed by atoms with E-state index in [0.29, 0.717) is 28.4 Å². The summed E-state index contributed by atoms with van der Waals surface area (Å²) in [4.78, 5) is 19.9. The van der Waals surface area contributed by atoms with Crippen LogP contribution in [0, 0.1) is 18.6 Å². The Bertz CT molecular complexity index is 1950. The Labute approximate surface area is 300 Å². The van der Waals surface area contributed by atoms with Crippen molar-refractivity contribution in [3.63, 3.8) is 0 Å². The van der Waals surface area contributed by atoms with Gasteiger partial charge in [0, 0.05) is 56.0 Å². The first-order chi connectivity index (χ1) is 23.4. The number of halogens is 3. The number of sulfonamides is 1. The molecule has 0 radical (unpaired) electrons. The van der Waals surface area contributed by atoms with Gasteiger partial charge in [0.2, 0.25) is 0 Å². The van der Waals surface area contributed by atoms with Gasteiger partial charge in [0.15, 0.2) is 5.13 Å². The van der Waals surface area contributed by atoms with Crippen molar-refractivity contribution >= 4 is 61.2 Å². The van der Waals surface area contributed by atoms with E-state index in [1.807, 2.05) is 0 Å². The van der Waals surface area contributed by atoms with Gasteiger partial charge < -0.3 is 29.3 Å². The van der Waals surface area contributed by atoms with Gasteiger partial charge in [-0.3, -0.25) is 0 Å². The number of hydrogen-bond acceptors (Lipinski definition) is 10. The molecule has 0 spiro atoms. The molecule has 11 nitrogen and oxygen atoms in total. The summed E-state index contributed by atoms with van der Waals surface area (Å²) < 4.78 is 75.8. The van der Waals surface area contributed by atoms with Crippen LogP contribution in [0.4, 0.5) is 35.8 Å². The molecule has 0 unspecified atom stereocenters. The molecule has 1 heterocycles. The predicted molar refractivity (Wildman–Crippen MR) is 193 cm³/mol. The van der Waals surface area contributed by atoms with E-state index in [0.717, 1.165) is 32.7 Å². The van der Waals surface area contributed by atoms with E-state index < -0.39 is 38.2 Å². The summed E-state index contributed by atoms with van der Waals surface area (Å²) in [5, 5.41) is 3.02. The summed E-state index contributed by atoms with van der Waals surface area (Å²) >= 11 is 7.73. The molecule has 3 aromatic carbocycles. The van der Waals surface area contributed by atoms with Crippen molar-refractivity contribution in [3.8, 4) is 11.5 Å². The number of carbonyl (C=O) groups is 1. The highest BCUT2D eigenvalue weighted by Gasteiger charge is 2.32. The lowest BCUT2D eigenvalue weighted by Crippen LogP contribution is -2.38. The van der Waals surface area contributed by atoms with Gasteiger partial charge in [0.05, 0.1) is 42.8 Å². The number of methoxy groups -OCH3 is 2. The molecule has 0 aliphatic rings. The number of hydrogen-bond donors (Lipinski definition) is 1. The normalized spacial score (nSPS) is 11.6. The lowest BCUT2D eigenvalue weighted by atomic mass is 10.2. The van der Waals surface area contributed by atoms with E-state index >= 15 is 4.39 Å². The number of carbonyl (C=O) groups excluding carboxylic acids is 1. The number of ether oxygens (including phenoxy) is 3. The minimum Gasteiger partial charge on any atom is -0.497 e. The number of likely N-dealkylation sites (N-methyl/N-ethyl adjacent to an activating group) is 2. The van der Waals surface area contributed by atoms with Crippen LogP contribution in [0.5, 0.6) is 11.5 Å². The van der Waals surface area contributed by atoms with Crippen LogP contribution in [0.25, 0.3) is 0 Å². The molecule has 0 aliphatic carbocycles. The lowest BCUT2D eigenvalue weighted by molar-refractivity contribution is 0.0303. The van der Waals surface area contributed by atoms with Crippen LogP contribution in [0.15, 0.2) is 59.6 Å². The topological polar surface area (TPSA) is 114 Å². The Hall–Kier alpha value is -4.34. The Morgan fingerprint density at radius 1 is 1.00 bits per heavy atom. The van der Waals surface area contributed by atoms with Crippen molar-refractivity contribution in [1.29, 1.82) is 0 Å². The second-order valence-corrected chi connectivity index (χ2v) is 15.8. The summed E-state index contributed by atoms with van der Waals surface area (Å²) in [7, 11) is 1.66. The highest BCUT2D eigenvalue weighted by molar-refractivity contribution is 7.93. The van der Waals surface area contributed by atoms with Crippen molar-refractivity contribution in [3.05, 3.63) is 81.8 Å². The number of amides is 1. The van der Waals surface area contributed by atoms with Gasteiger partial charge in [-0.05, 0) is 64.1 Å². The highest BCUT2D eigenvalue weighted by atomic mass is 35.5. The molecule has 4 rings (SSSR count). The van der Waals surface area contributed by atoms with E-state index in [1.54, 1.807) is 64.9 Å². The van der Waals surface area contributed by atoms with Crippen LogP contribution < -0.4 is 24.0 Å². The molecule has 0 atom stereocenters. The molecule has 4 aromatic rings. The Kier molecular flexibility index (Phi) is 12.1. The van der Waals surface area contributed by atoms with E-state index in [-0.39, 0.29) is 35.5 Å². The van der Waals surface area contributed by atoms with Crippen molar-refractivity contribution in [1.82, 2.24) is 9.88 Å². The Morgan fingerprint density at radius 3 is 2.34 bits per heavy atom. The Balaban J connectivity index is 1.64. The second-order valence-electron chi connectivity index (χ2n) is 12.3. The van der Waals surface area contributed by atoms with Crippen LogP contribution >= 0.6 is 22.9 Å². The predicted octanol–water partition coefficient (Wildman–Crippen LogP) is 7.84. The van der Waals surface area contributed by atoms with Gasteiger partial charge in [-0.25, -0.2) is 31.3 Å². The van der Waals surface area contributed by atoms with Crippen LogP contribution in [0.3, 0.4) is 0 Å². The van der Waals surface area contributed by atoms with Crippen molar-refractivity contribution in [2.24, 2.45) is 0 Å². The first kappa shape index (κ1) is 38.5. The number of thiazole rings is 1. The van der Waals surface area contributed by atoms with Crippen molar-refractivity contribution < 1.29 is 36.2 Å². The zero-order valence-electron chi connectivity index (χ0n) is 29.0. The van der Waals surface area contributed by atoms with Gasteiger partial charge in [0.25, 0.3) is 10.0 Å². The van der Waals surface area contributed by atoms with Crippen LogP contribution in [0.2, 0.25) is 5.02 Å². The first-order valence-corrected chi connectivity index (χ1v) is 17.9. The maximum absolute atomic E-state index is 15.9. The lowest BCUT2D eigenvalue weighted by Gasteiger charge is -2.28. The summed E-state index contributed by atoms with van der Waals surface area (Å²) in [5.74, 6) is -0.724. The molecule has 0 saturated carbocycles. The van der Waals surface area contributed by atoms with E-state index in [2.05, 4.69) is 10.3 Å². The zero-order chi connectivity index (χ0) is 37.0. The second kappa shape index (κ2) is 15.7. The third-order valence-corrected chi connectivity index (χ3v) is 10.5. The summed E-state index contributed by atoms with van der Waals surface area (Å²) in [6.45, 7) is 7.39.